The van der Waals surface area contributed by atoms with Crippen LogP contribution in [0.4, 0.5) is 24.5 Å². The summed E-state index contributed by atoms with van der Waals surface area (Å²) in [6, 6.07) is 13.7. The third-order valence-corrected chi connectivity index (χ3v) is 2.98. The molecule has 0 aliphatic carbocycles. The van der Waals surface area contributed by atoms with Gasteiger partial charge in [0.1, 0.15) is 0 Å². The van der Waals surface area contributed by atoms with Gasteiger partial charge >= 0.3 is 6.18 Å². The van der Waals surface area contributed by atoms with Gasteiger partial charge in [-0.3, -0.25) is 4.79 Å². The van der Waals surface area contributed by atoms with Crippen LogP contribution in [0.1, 0.15) is 12.5 Å². The maximum Gasteiger partial charge on any atom is 0.416 e. The number of rotatable bonds is 5. The van der Waals surface area contributed by atoms with Crippen LogP contribution in [0.5, 0.6) is 0 Å². The molecule has 0 fully saturated rings. The van der Waals surface area contributed by atoms with Gasteiger partial charge in [-0.1, -0.05) is 24.3 Å². The Hall–Kier alpha value is -2.96. The van der Waals surface area contributed by atoms with Crippen LogP contribution < -0.4 is 16.2 Å². The Bertz CT molecular complexity index is 727. The number of alkyl halides is 3. The predicted octanol–water partition coefficient (Wildman–Crippen LogP) is 4.16. The molecular formula is C17H16F3N3O. The van der Waals surface area contributed by atoms with Crippen LogP contribution in [-0.4, -0.2) is 5.91 Å². The SMILES string of the molecule is C/C(=C\C(=O)Nc1cccc(C(F)(F)F)c1)NNc1ccccc1. The van der Waals surface area contributed by atoms with Crippen LogP contribution in [0.15, 0.2) is 66.4 Å². The zero-order valence-corrected chi connectivity index (χ0v) is 12.8. The molecule has 1 amide bonds. The molecule has 0 saturated carbocycles. The largest absolute Gasteiger partial charge is 0.416 e. The number of halogens is 3. The van der Waals surface area contributed by atoms with E-state index >= 15 is 0 Å². The Morgan fingerprint density at radius 2 is 1.67 bits per heavy atom. The Kier molecular flexibility index (Phi) is 5.47. The van der Waals surface area contributed by atoms with Gasteiger partial charge in [0.25, 0.3) is 0 Å². The number of hydrogen-bond acceptors (Lipinski definition) is 3. The molecule has 0 spiro atoms. The van der Waals surface area contributed by atoms with Crippen molar-refractivity contribution in [2.24, 2.45) is 0 Å². The van der Waals surface area contributed by atoms with Gasteiger partial charge in [-0.05, 0) is 37.3 Å². The molecule has 7 heteroatoms. The number of para-hydroxylation sites is 1. The molecule has 0 aromatic heterocycles. The number of hydrogen-bond donors (Lipinski definition) is 3. The van der Waals surface area contributed by atoms with Gasteiger partial charge in [0.05, 0.1) is 11.3 Å². The van der Waals surface area contributed by atoms with E-state index < -0.39 is 17.6 Å². The minimum Gasteiger partial charge on any atom is -0.322 e. The quantitative estimate of drug-likeness (QED) is 0.568. The molecular weight excluding hydrogens is 319 g/mol. The summed E-state index contributed by atoms with van der Waals surface area (Å²) in [6.45, 7) is 1.65. The normalized spacial score (nSPS) is 11.8. The van der Waals surface area contributed by atoms with E-state index in [4.69, 9.17) is 0 Å². The number of allylic oxidation sites excluding steroid dienone is 1. The fourth-order valence-electron chi connectivity index (χ4n) is 1.88. The first-order chi connectivity index (χ1) is 11.3. The topological polar surface area (TPSA) is 53.2 Å². The van der Waals surface area contributed by atoms with Crippen molar-refractivity contribution in [3.63, 3.8) is 0 Å². The molecule has 0 aliphatic heterocycles. The zero-order chi connectivity index (χ0) is 17.6. The standard InChI is InChI=1S/C17H16F3N3O/c1-12(22-23-14-7-3-2-4-8-14)10-16(24)21-15-9-5-6-13(11-15)17(18,19)20/h2-11,22-23H,1H3,(H,21,24)/b12-10+. The van der Waals surface area contributed by atoms with E-state index in [0.29, 0.717) is 5.70 Å². The first-order valence-corrected chi connectivity index (χ1v) is 7.08. The van der Waals surface area contributed by atoms with Crippen LogP contribution in [-0.2, 0) is 11.0 Å². The number of hydrazine groups is 1. The van der Waals surface area contributed by atoms with Crippen LogP contribution in [0.3, 0.4) is 0 Å². The van der Waals surface area contributed by atoms with Crippen molar-refractivity contribution in [1.29, 1.82) is 0 Å². The fraction of sp³-hybridized carbons (Fsp3) is 0.118. The van der Waals surface area contributed by atoms with Crippen molar-refractivity contribution in [1.82, 2.24) is 5.43 Å². The van der Waals surface area contributed by atoms with Gasteiger partial charge in [0.2, 0.25) is 5.91 Å². The lowest BCUT2D eigenvalue weighted by atomic mass is 10.2. The van der Waals surface area contributed by atoms with Crippen molar-refractivity contribution >= 4 is 17.3 Å². The number of anilines is 2. The third-order valence-electron chi connectivity index (χ3n) is 2.98. The van der Waals surface area contributed by atoms with Gasteiger partial charge < -0.3 is 16.2 Å². The second-order valence-electron chi connectivity index (χ2n) is 5.01. The number of carbonyl (C=O) groups excluding carboxylic acids is 1. The number of amides is 1. The molecule has 0 aliphatic rings. The summed E-state index contributed by atoms with van der Waals surface area (Å²) in [5.74, 6) is -0.533. The van der Waals surface area contributed by atoms with Gasteiger partial charge in [0, 0.05) is 17.5 Å². The average Bonchev–Trinajstić information content (AvgIpc) is 2.53. The third kappa shape index (κ3) is 5.35. The van der Waals surface area contributed by atoms with Crippen molar-refractivity contribution in [2.45, 2.75) is 13.1 Å². The molecule has 0 unspecified atom stereocenters. The first kappa shape index (κ1) is 17.4. The lowest BCUT2D eigenvalue weighted by Crippen LogP contribution is -2.21. The molecule has 24 heavy (non-hydrogen) atoms. The van der Waals surface area contributed by atoms with Crippen molar-refractivity contribution < 1.29 is 18.0 Å². The summed E-state index contributed by atoms with van der Waals surface area (Å²) in [6.07, 6.45) is -3.20. The van der Waals surface area contributed by atoms with Crippen LogP contribution in [0.25, 0.3) is 0 Å². The second kappa shape index (κ2) is 7.54. The number of benzene rings is 2. The smallest absolute Gasteiger partial charge is 0.322 e. The van der Waals surface area contributed by atoms with E-state index in [-0.39, 0.29) is 5.69 Å². The highest BCUT2D eigenvalue weighted by molar-refractivity contribution is 5.99. The van der Waals surface area contributed by atoms with Crippen molar-refractivity contribution in [3.8, 4) is 0 Å². The molecule has 3 N–H and O–H groups in total. The highest BCUT2D eigenvalue weighted by Gasteiger charge is 2.30. The number of carbonyl (C=O) groups is 1. The summed E-state index contributed by atoms with van der Waals surface area (Å²) in [7, 11) is 0. The van der Waals surface area contributed by atoms with Crippen molar-refractivity contribution in [3.05, 3.63) is 71.9 Å². The first-order valence-electron chi connectivity index (χ1n) is 7.08. The predicted molar refractivity (Wildman–Crippen MR) is 87.0 cm³/mol. The lowest BCUT2D eigenvalue weighted by molar-refractivity contribution is -0.137. The molecule has 0 atom stereocenters. The molecule has 126 valence electrons. The lowest BCUT2D eigenvalue weighted by Gasteiger charge is -2.11. The van der Waals surface area contributed by atoms with E-state index in [9.17, 15) is 18.0 Å². The van der Waals surface area contributed by atoms with Crippen LogP contribution >= 0.6 is 0 Å². The summed E-state index contributed by atoms with van der Waals surface area (Å²) < 4.78 is 37.9. The summed E-state index contributed by atoms with van der Waals surface area (Å²) in [4.78, 5) is 11.9. The maximum absolute atomic E-state index is 12.6. The Morgan fingerprint density at radius 3 is 2.33 bits per heavy atom. The highest BCUT2D eigenvalue weighted by Crippen LogP contribution is 2.30. The molecule has 2 rings (SSSR count). The number of nitrogens with one attached hydrogen (secondary N) is 3. The monoisotopic (exact) mass is 335 g/mol. The minimum absolute atomic E-state index is 0.0786. The average molecular weight is 335 g/mol. The Balaban J connectivity index is 1.94. The summed E-state index contributed by atoms with van der Waals surface area (Å²) in [5, 5.41) is 2.40. The molecule has 4 nitrogen and oxygen atoms in total. The fourth-order valence-corrected chi connectivity index (χ4v) is 1.88. The van der Waals surface area contributed by atoms with Gasteiger partial charge in [-0.15, -0.1) is 0 Å². The highest BCUT2D eigenvalue weighted by atomic mass is 19.4. The summed E-state index contributed by atoms with van der Waals surface area (Å²) >= 11 is 0. The van der Waals surface area contributed by atoms with Gasteiger partial charge in [-0.2, -0.15) is 13.2 Å². The molecule has 2 aromatic carbocycles. The molecule has 0 bridgehead atoms. The van der Waals surface area contributed by atoms with E-state index in [2.05, 4.69) is 16.2 Å². The van der Waals surface area contributed by atoms with Crippen LogP contribution in [0.2, 0.25) is 0 Å². The maximum atomic E-state index is 12.6. The molecule has 0 radical (unpaired) electrons. The molecule has 0 heterocycles. The molecule has 0 saturated heterocycles. The van der Waals surface area contributed by atoms with E-state index in [1.165, 1.54) is 18.2 Å². The van der Waals surface area contributed by atoms with E-state index in [1.807, 2.05) is 30.3 Å². The van der Waals surface area contributed by atoms with Crippen LogP contribution in [0, 0.1) is 0 Å². The van der Waals surface area contributed by atoms with E-state index in [0.717, 1.165) is 17.8 Å². The van der Waals surface area contributed by atoms with Crippen molar-refractivity contribution in [2.75, 3.05) is 10.7 Å². The van der Waals surface area contributed by atoms with Gasteiger partial charge in [-0.25, -0.2) is 0 Å². The Labute approximate surface area is 137 Å². The minimum atomic E-state index is -4.45. The molecule has 2 aromatic rings. The summed E-state index contributed by atoms with van der Waals surface area (Å²) in [5.41, 5.74) is 6.29. The zero-order valence-electron chi connectivity index (χ0n) is 12.8. The van der Waals surface area contributed by atoms with Gasteiger partial charge in [0.15, 0.2) is 0 Å². The van der Waals surface area contributed by atoms with E-state index in [1.54, 1.807) is 6.92 Å². The Morgan fingerprint density at radius 1 is 1.00 bits per heavy atom. The second-order valence-corrected chi connectivity index (χ2v) is 5.01.